The number of rotatable bonds is 7. The van der Waals surface area contributed by atoms with E-state index in [1.807, 2.05) is 56.3 Å². The fraction of sp³-hybridized carbons (Fsp3) is 0.350. The van der Waals surface area contributed by atoms with Gasteiger partial charge in [-0.2, -0.15) is 0 Å². The van der Waals surface area contributed by atoms with Crippen LogP contribution < -0.4 is 10.6 Å². The van der Waals surface area contributed by atoms with E-state index in [0.717, 1.165) is 41.8 Å². The Balaban J connectivity index is 2.17. The number of nitrogens with one attached hydrogen (secondary N) is 2. The molecule has 2 N–H and O–H groups in total. The average molecular weight is 310 g/mol. The zero-order chi connectivity index (χ0) is 16.7. The van der Waals surface area contributed by atoms with Crippen LogP contribution in [0, 0.1) is 13.8 Å². The molecule has 0 saturated heterocycles. The fourth-order valence-corrected chi connectivity index (χ4v) is 2.51. The highest BCUT2D eigenvalue weighted by molar-refractivity contribution is 5.96. The summed E-state index contributed by atoms with van der Waals surface area (Å²) in [4.78, 5) is 12.8. The van der Waals surface area contributed by atoms with Crippen LogP contribution in [0.5, 0.6) is 0 Å². The number of amides is 1. The minimum Gasteiger partial charge on any atom is -0.324 e. The molecule has 0 heterocycles. The predicted octanol–water partition coefficient (Wildman–Crippen LogP) is 4.37. The number of anilines is 1. The number of carbonyl (C=O) groups is 1. The van der Waals surface area contributed by atoms with Crippen molar-refractivity contribution in [1.29, 1.82) is 0 Å². The Morgan fingerprint density at radius 3 is 2.52 bits per heavy atom. The number of unbranched alkanes of at least 4 members (excludes halogenated alkanes) is 1. The second-order valence-electron chi connectivity index (χ2n) is 5.96. The zero-order valence-electron chi connectivity index (χ0n) is 14.2. The normalized spacial score (nSPS) is 12.0. The van der Waals surface area contributed by atoms with Gasteiger partial charge in [-0.25, -0.2) is 0 Å². The highest BCUT2D eigenvalue weighted by atomic mass is 16.2. The van der Waals surface area contributed by atoms with E-state index in [2.05, 4.69) is 23.6 Å². The predicted molar refractivity (Wildman–Crippen MR) is 96.6 cm³/mol. The molecule has 0 fully saturated rings. The molecule has 2 aromatic rings. The van der Waals surface area contributed by atoms with Crippen LogP contribution in [0.1, 0.15) is 42.5 Å². The van der Waals surface area contributed by atoms with Crippen molar-refractivity contribution >= 4 is 11.6 Å². The number of hydrogen-bond acceptors (Lipinski definition) is 2. The van der Waals surface area contributed by atoms with Crippen LogP contribution in [0.25, 0.3) is 0 Å². The molecule has 1 amide bonds. The van der Waals surface area contributed by atoms with Crippen molar-refractivity contribution in [3.63, 3.8) is 0 Å². The first-order valence-corrected chi connectivity index (χ1v) is 8.28. The minimum absolute atomic E-state index is 0.0130. The average Bonchev–Trinajstić information content (AvgIpc) is 2.56. The largest absolute Gasteiger partial charge is 0.324 e. The van der Waals surface area contributed by atoms with Gasteiger partial charge in [0.1, 0.15) is 6.04 Å². The molecule has 0 aliphatic heterocycles. The van der Waals surface area contributed by atoms with Crippen LogP contribution in [0.15, 0.2) is 48.5 Å². The highest BCUT2D eigenvalue weighted by Crippen LogP contribution is 2.20. The summed E-state index contributed by atoms with van der Waals surface area (Å²) in [6, 6.07) is 15.7. The summed E-state index contributed by atoms with van der Waals surface area (Å²) >= 11 is 0. The lowest BCUT2D eigenvalue weighted by Crippen LogP contribution is -2.33. The van der Waals surface area contributed by atoms with Crippen LogP contribution in [-0.4, -0.2) is 12.5 Å². The van der Waals surface area contributed by atoms with E-state index < -0.39 is 0 Å². The summed E-state index contributed by atoms with van der Waals surface area (Å²) in [5, 5.41) is 6.45. The topological polar surface area (TPSA) is 41.1 Å². The highest BCUT2D eigenvalue weighted by Gasteiger charge is 2.20. The Bertz CT molecular complexity index is 637. The molecule has 0 spiro atoms. The van der Waals surface area contributed by atoms with Crippen molar-refractivity contribution in [1.82, 2.24) is 5.32 Å². The van der Waals surface area contributed by atoms with Gasteiger partial charge in [-0.05, 0) is 49.6 Å². The third-order valence-corrected chi connectivity index (χ3v) is 3.92. The molecule has 2 rings (SSSR count). The van der Waals surface area contributed by atoms with E-state index in [1.165, 1.54) is 0 Å². The van der Waals surface area contributed by atoms with Gasteiger partial charge in [0.2, 0.25) is 5.91 Å². The molecule has 3 heteroatoms. The maximum Gasteiger partial charge on any atom is 0.246 e. The molecule has 23 heavy (non-hydrogen) atoms. The first-order chi connectivity index (χ1) is 11.1. The second kappa shape index (κ2) is 8.49. The second-order valence-corrected chi connectivity index (χ2v) is 5.96. The van der Waals surface area contributed by atoms with Gasteiger partial charge in [-0.15, -0.1) is 0 Å². The molecular weight excluding hydrogens is 284 g/mol. The third kappa shape index (κ3) is 4.93. The van der Waals surface area contributed by atoms with Gasteiger partial charge < -0.3 is 10.6 Å². The molecule has 0 unspecified atom stereocenters. The van der Waals surface area contributed by atoms with Gasteiger partial charge in [0.05, 0.1) is 0 Å². The van der Waals surface area contributed by atoms with Crippen LogP contribution in [0.4, 0.5) is 5.69 Å². The van der Waals surface area contributed by atoms with E-state index in [9.17, 15) is 4.79 Å². The van der Waals surface area contributed by atoms with Gasteiger partial charge in [-0.1, -0.05) is 55.8 Å². The summed E-state index contributed by atoms with van der Waals surface area (Å²) < 4.78 is 0. The molecule has 0 aliphatic rings. The molecule has 0 radical (unpaired) electrons. The van der Waals surface area contributed by atoms with Gasteiger partial charge in [-0.3, -0.25) is 4.79 Å². The third-order valence-electron chi connectivity index (χ3n) is 3.92. The van der Waals surface area contributed by atoms with Crippen molar-refractivity contribution in [3.8, 4) is 0 Å². The quantitative estimate of drug-likeness (QED) is 0.745. The van der Waals surface area contributed by atoms with E-state index in [1.54, 1.807) is 0 Å². The Morgan fingerprint density at radius 1 is 1.09 bits per heavy atom. The molecule has 0 bridgehead atoms. The van der Waals surface area contributed by atoms with E-state index in [-0.39, 0.29) is 11.9 Å². The molecule has 2 aromatic carbocycles. The van der Waals surface area contributed by atoms with Crippen molar-refractivity contribution in [2.75, 3.05) is 11.9 Å². The SMILES string of the molecule is CCCCN[C@H](C(=O)Nc1cc(C)ccc1C)c1ccccc1. The van der Waals surface area contributed by atoms with Crippen molar-refractivity contribution in [2.45, 2.75) is 39.7 Å². The zero-order valence-corrected chi connectivity index (χ0v) is 14.2. The summed E-state index contributed by atoms with van der Waals surface area (Å²) in [5.41, 5.74) is 4.09. The van der Waals surface area contributed by atoms with Crippen LogP contribution in [-0.2, 0) is 4.79 Å². The van der Waals surface area contributed by atoms with Crippen molar-refractivity contribution in [2.24, 2.45) is 0 Å². The number of benzene rings is 2. The first kappa shape index (κ1) is 17.2. The number of hydrogen-bond donors (Lipinski definition) is 2. The summed E-state index contributed by atoms with van der Waals surface area (Å²) in [7, 11) is 0. The Hall–Kier alpha value is -2.13. The van der Waals surface area contributed by atoms with E-state index >= 15 is 0 Å². The van der Waals surface area contributed by atoms with Crippen molar-refractivity contribution in [3.05, 3.63) is 65.2 Å². The minimum atomic E-state index is -0.331. The Kier molecular flexibility index (Phi) is 6.36. The van der Waals surface area contributed by atoms with Crippen LogP contribution in [0.3, 0.4) is 0 Å². The molecular formula is C20H26N2O. The van der Waals surface area contributed by atoms with Gasteiger partial charge in [0, 0.05) is 5.69 Å². The van der Waals surface area contributed by atoms with Gasteiger partial charge in [0.15, 0.2) is 0 Å². The molecule has 1 atom stereocenters. The maximum atomic E-state index is 12.8. The summed E-state index contributed by atoms with van der Waals surface area (Å²) in [6.45, 7) is 7.02. The molecule has 122 valence electrons. The summed E-state index contributed by atoms with van der Waals surface area (Å²) in [6.07, 6.45) is 2.16. The lowest BCUT2D eigenvalue weighted by molar-refractivity contribution is -0.118. The van der Waals surface area contributed by atoms with Crippen molar-refractivity contribution < 1.29 is 4.79 Å². The Morgan fingerprint density at radius 2 is 1.83 bits per heavy atom. The number of aryl methyl sites for hydroxylation is 2. The fourth-order valence-electron chi connectivity index (χ4n) is 2.51. The molecule has 3 nitrogen and oxygen atoms in total. The molecule has 0 aliphatic carbocycles. The summed E-state index contributed by atoms with van der Waals surface area (Å²) in [5.74, 6) is -0.0130. The standard InChI is InChI=1S/C20H26N2O/c1-4-5-13-21-19(17-9-7-6-8-10-17)20(23)22-18-14-15(2)11-12-16(18)3/h6-12,14,19,21H,4-5,13H2,1-3H3,(H,22,23)/t19-/m0/s1. The Labute approximate surface area is 139 Å². The number of carbonyl (C=O) groups excluding carboxylic acids is 1. The maximum absolute atomic E-state index is 12.8. The lowest BCUT2D eigenvalue weighted by atomic mass is 10.0. The van der Waals surface area contributed by atoms with Crippen LogP contribution in [0.2, 0.25) is 0 Å². The van der Waals surface area contributed by atoms with E-state index in [4.69, 9.17) is 0 Å². The molecule has 0 aromatic heterocycles. The molecule has 0 saturated carbocycles. The lowest BCUT2D eigenvalue weighted by Gasteiger charge is -2.20. The monoisotopic (exact) mass is 310 g/mol. The van der Waals surface area contributed by atoms with Gasteiger partial charge >= 0.3 is 0 Å². The first-order valence-electron chi connectivity index (χ1n) is 8.28. The van der Waals surface area contributed by atoms with Gasteiger partial charge in [0.25, 0.3) is 0 Å². The van der Waals surface area contributed by atoms with Crippen LogP contribution >= 0.6 is 0 Å². The smallest absolute Gasteiger partial charge is 0.246 e. The van der Waals surface area contributed by atoms with E-state index in [0.29, 0.717) is 0 Å².